The fourth-order valence-corrected chi connectivity index (χ4v) is 2.22. The fraction of sp³-hybridized carbons (Fsp3) is 0.538. The number of hydrogen-bond acceptors (Lipinski definition) is 3. The molecule has 0 radical (unpaired) electrons. The van der Waals surface area contributed by atoms with Crippen LogP contribution in [0, 0.1) is 5.95 Å². The molecule has 0 bridgehead atoms. The predicted molar refractivity (Wildman–Crippen MR) is 66.8 cm³/mol. The van der Waals surface area contributed by atoms with Gasteiger partial charge >= 0.3 is 0 Å². The number of likely N-dealkylation sites (N-methyl/N-ethyl adjacent to an activating group) is 1. The maximum absolute atomic E-state index is 12.6. The van der Waals surface area contributed by atoms with Gasteiger partial charge in [0.25, 0.3) is 5.91 Å². The van der Waals surface area contributed by atoms with E-state index in [4.69, 9.17) is 0 Å². The first-order chi connectivity index (χ1) is 8.66. The minimum absolute atomic E-state index is 0.193. The number of pyridine rings is 1. The third-order valence-electron chi connectivity index (χ3n) is 3.41. The summed E-state index contributed by atoms with van der Waals surface area (Å²) in [6.07, 6.45) is 4.81. The van der Waals surface area contributed by atoms with Gasteiger partial charge in [-0.25, -0.2) is 4.98 Å². The van der Waals surface area contributed by atoms with Gasteiger partial charge in [0.2, 0.25) is 5.95 Å². The number of carbonyl (C=O) groups is 1. The first-order valence-electron chi connectivity index (χ1n) is 6.27. The van der Waals surface area contributed by atoms with Crippen molar-refractivity contribution in [1.82, 2.24) is 15.2 Å². The molecule has 1 aliphatic rings. The van der Waals surface area contributed by atoms with E-state index < -0.39 is 5.95 Å². The predicted octanol–water partition coefficient (Wildman–Crippen LogP) is 1.43. The Hall–Kier alpha value is -1.49. The summed E-state index contributed by atoms with van der Waals surface area (Å²) < 4.78 is 12.6. The SMILES string of the molecule is CN1CCCCC1CNC(=O)c1ccc(F)nc1. The Kier molecular flexibility index (Phi) is 4.25. The molecular weight excluding hydrogens is 233 g/mol. The highest BCUT2D eigenvalue weighted by atomic mass is 19.1. The van der Waals surface area contributed by atoms with Crippen molar-refractivity contribution in [1.29, 1.82) is 0 Å². The van der Waals surface area contributed by atoms with Crippen LogP contribution in [0.5, 0.6) is 0 Å². The number of aromatic nitrogens is 1. The Balaban J connectivity index is 1.86. The van der Waals surface area contributed by atoms with Gasteiger partial charge in [-0.1, -0.05) is 6.42 Å². The van der Waals surface area contributed by atoms with E-state index in [1.807, 2.05) is 0 Å². The average Bonchev–Trinajstić information content (AvgIpc) is 2.38. The van der Waals surface area contributed by atoms with Gasteiger partial charge in [-0.05, 0) is 38.6 Å². The maximum Gasteiger partial charge on any atom is 0.252 e. The van der Waals surface area contributed by atoms with Gasteiger partial charge in [-0.2, -0.15) is 4.39 Å². The summed E-state index contributed by atoms with van der Waals surface area (Å²) in [6.45, 7) is 1.71. The monoisotopic (exact) mass is 251 g/mol. The van der Waals surface area contributed by atoms with E-state index in [-0.39, 0.29) is 5.91 Å². The number of hydrogen-bond donors (Lipinski definition) is 1. The van der Waals surface area contributed by atoms with E-state index in [0.29, 0.717) is 18.2 Å². The van der Waals surface area contributed by atoms with Crippen LogP contribution in [0.4, 0.5) is 4.39 Å². The lowest BCUT2D eigenvalue weighted by Gasteiger charge is -2.32. The molecule has 1 atom stereocenters. The molecule has 98 valence electrons. The number of amides is 1. The van der Waals surface area contributed by atoms with E-state index >= 15 is 0 Å². The maximum atomic E-state index is 12.6. The summed E-state index contributed by atoms with van der Waals surface area (Å²) in [6, 6.07) is 3.04. The lowest BCUT2D eigenvalue weighted by Crippen LogP contribution is -2.44. The van der Waals surface area contributed by atoms with E-state index in [1.54, 1.807) is 0 Å². The molecule has 1 aromatic heterocycles. The van der Waals surface area contributed by atoms with Crippen LogP contribution in [0.3, 0.4) is 0 Å². The molecule has 0 aliphatic carbocycles. The van der Waals surface area contributed by atoms with Crippen LogP contribution in [-0.2, 0) is 0 Å². The molecule has 1 saturated heterocycles. The first-order valence-corrected chi connectivity index (χ1v) is 6.27. The van der Waals surface area contributed by atoms with Crippen molar-refractivity contribution < 1.29 is 9.18 Å². The van der Waals surface area contributed by atoms with Crippen molar-refractivity contribution in [3.8, 4) is 0 Å². The summed E-state index contributed by atoms with van der Waals surface area (Å²) in [4.78, 5) is 17.6. The fourth-order valence-electron chi connectivity index (χ4n) is 2.22. The number of piperidine rings is 1. The van der Waals surface area contributed by atoms with Crippen molar-refractivity contribution >= 4 is 5.91 Å². The summed E-state index contributed by atoms with van der Waals surface area (Å²) in [5.74, 6) is -0.764. The van der Waals surface area contributed by atoms with Crippen molar-refractivity contribution in [3.63, 3.8) is 0 Å². The summed E-state index contributed by atoms with van der Waals surface area (Å²) in [7, 11) is 2.08. The van der Waals surface area contributed by atoms with Crippen molar-refractivity contribution in [2.45, 2.75) is 25.3 Å². The number of carbonyl (C=O) groups excluding carboxylic acids is 1. The van der Waals surface area contributed by atoms with Gasteiger partial charge < -0.3 is 10.2 Å². The highest BCUT2D eigenvalue weighted by molar-refractivity contribution is 5.93. The number of likely N-dealkylation sites (tertiary alicyclic amines) is 1. The number of nitrogens with zero attached hydrogens (tertiary/aromatic N) is 2. The van der Waals surface area contributed by atoms with Crippen molar-refractivity contribution in [3.05, 3.63) is 29.8 Å². The Bertz CT molecular complexity index is 407. The van der Waals surface area contributed by atoms with Crippen LogP contribution >= 0.6 is 0 Å². The zero-order valence-electron chi connectivity index (χ0n) is 10.5. The molecule has 1 fully saturated rings. The number of rotatable bonds is 3. The topological polar surface area (TPSA) is 45.2 Å². The van der Waals surface area contributed by atoms with Crippen LogP contribution < -0.4 is 5.32 Å². The van der Waals surface area contributed by atoms with Crippen molar-refractivity contribution in [2.75, 3.05) is 20.1 Å². The van der Waals surface area contributed by atoms with Gasteiger partial charge in [0.1, 0.15) is 0 Å². The average molecular weight is 251 g/mol. The second kappa shape index (κ2) is 5.91. The molecular formula is C13H18FN3O. The Morgan fingerprint density at radius 1 is 1.56 bits per heavy atom. The highest BCUT2D eigenvalue weighted by Gasteiger charge is 2.19. The van der Waals surface area contributed by atoms with E-state index in [1.165, 1.54) is 31.2 Å². The third-order valence-corrected chi connectivity index (χ3v) is 3.41. The second-order valence-electron chi connectivity index (χ2n) is 4.71. The Morgan fingerprint density at radius 2 is 2.39 bits per heavy atom. The van der Waals surface area contributed by atoms with Crippen LogP contribution in [-0.4, -0.2) is 42.0 Å². The summed E-state index contributed by atoms with van der Waals surface area (Å²) in [5.41, 5.74) is 0.398. The van der Waals surface area contributed by atoms with Gasteiger partial charge in [-0.3, -0.25) is 4.79 Å². The minimum atomic E-state index is -0.571. The first kappa shape index (κ1) is 13.0. The standard InChI is InChI=1S/C13H18FN3O/c1-17-7-3-2-4-11(17)9-16-13(18)10-5-6-12(14)15-8-10/h5-6,8,11H,2-4,7,9H2,1H3,(H,16,18). The van der Waals surface area contributed by atoms with E-state index in [9.17, 15) is 9.18 Å². The molecule has 2 heterocycles. The van der Waals surface area contributed by atoms with Crippen LogP contribution in [0.15, 0.2) is 18.3 Å². The lowest BCUT2D eigenvalue weighted by molar-refractivity contribution is 0.0928. The molecule has 0 aromatic carbocycles. The molecule has 1 aliphatic heterocycles. The molecule has 1 N–H and O–H groups in total. The zero-order valence-corrected chi connectivity index (χ0v) is 10.5. The largest absolute Gasteiger partial charge is 0.350 e. The zero-order chi connectivity index (χ0) is 13.0. The van der Waals surface area contributed by atoms with E-state index in [2.05, 4.69) is 22.2 Å². The number of nitrogens with one attached hydrogen (secondary N) is 1. The molecule has 2 rings (SSSR count). The van der Waals surface area contributed by atoms with Gasteiger partial charge in [-0.15, -0.1) is 0 Å². The molecule has 1 unspecified atom stereocenters. The molecule has 5 heteroatoms. The third kappa shape index (κ3) is 3.26. The van der Waals surface area contributed by atoms with Crippen molar-refractivity contribution in [2.24, 2.45) is 0 Å². The summed E-state index contributed by atoms with van der Waals surface area (Å²) in [5, 5.41) is 2.88. The Labute approximate surface area is 106 Å². The normalized spacial score (nSPS) is 20.7. The van der Waals surface area contributed by atoms with Gasteiger partial charge in [0.05, 0.1) is 5.56 Å². The van der Waals surface area contributed by atoms with Gasteiger partial charge in [0, 0.05) is 18.8 Å². The molecule has 1 aromatic rings. The minimum Gasteiger partial charge on any atom is -0.350 e. The molecule has 18 heavy (non-hydrogen) atoms. The number of halogens is 1. The molecule has 1 amide bonds. The molecule has 4 nitrogen and oxygen atoms in total. The van der Waals surface area contributed by atoms with Crippen LogP contribution in [0.25, 0.3) is 0 Å². The molecule has 0 spiro atoms. The highest BCUT2D eigenvalue weighted by Crippen LogP contribution is 2.14. The second-order valence-corrected chi connectivity index (χ2v) is 4.71. The Morgan fingerprint density at radius 3 is 3.06 bits per heavy atom. The quantitative estimate of drug-likeness (QED) is 0.827. The lowest BCUT2D eigenvalue weighted by atomic mass is 10.0. The van der Waals surface area contributed by atoms with Crippen LogP contribution in [0.2, 0.25) is 0 Å². The molecule has 0 saturated carbocycles. The van der Waals surface area contributed by atoms with Crippen LogP contribution in [0.1, 0.15) is 29.6 Å². The summed E-state index contributed by atoms with van der Waals surface area (Å²) >= 11 is 0. The van der Waals surface area contributed by atoms with E-state index in [0.717, 1.165) is 13.0 Å². The smallest absolute Gasteiger partial charge is 0.252 e. The van der Waals surface area contributed by atoms with Gasteiger partial charge in [0.15, 0.2) is 0 Å².